The number of ether oxygens (including phenoxy) is 1. The number of aromatic nitrogens is 3. The summed E-state index contributed by atoms with van der Waals surface area (Å²) in [7, 11) is -3.41. The zero-order chi connectivity index (χ0) is 38.6. The number of aryl methyl sites for hydroxylation is 1. The number of anilines is 2. The molecule has 2 fully saturated rings. The van der Waals surface area contributed by atoms with Gasteiger partial charge in [0.2, 0.25) is 14.3 Å². The number of fused-ring (bicyclic) bond motifs is 2. The van der Waals surface area contributed by atoms with Crippen molar-refractivity contribution in [3.05, 3.63) is 94.8 Å². The van der Waals surface area contributed by atoms with E-state index in [1.807, 2.05) is 61.7 Å². The van der Waals surface area contributed by atoms with Crippen LogP contribution in [0, 0.1) is 11.8 Å². The topological polar surface area (TPSA) is 122 Å². The number of aliphatic hydroxyl groups excluding tert-OH is 1. The number of piperidine rings is 1. The van der Waals surface area contributed by atoms with Crippen LogP contribution in [0.1, 0.15) is 82.5 Å². The molecule has 2 saturated heterocycles. The summed E-state index contributed by atoms with van der Waals surface area (Å²) in [4.78, 5) is 30.1. The minimum atomic E-state index is -3.41. The van der Waals surface area contributed by atoms with Crippen molar-refractivity contribution in [1.29, 1.82) is 0 Å². The molecule has 0 saturated carbocycles. The summed E-state index contributed by atoms with van der Waals surface area (Å²) in [6.45, 7) is 13.8. The third-order valence-electron chi connectivity index (χ3n) is 11.6. The Morgan fingerprint density at radius 1 is 1.19 bits per heavy atom. The SMILES string of the molecule is CC(C)=CCC/C(C)=C/CN1C(=O)[C@@]2(O[C@@H](CCn3cc(C(CO)c4ccccc4)nn3)[C@H]([Si](C)(C)F)[C@H]2C)c2cc(NC(=O)C3CCCNC3)ccc21. The van der Waals surface area contributed by atoms with Crippen molar-refractivity contribution >= 4 is 31.6 Å². The predicted octanol–water partition coefficient (Wildman–Crippen LogP) is 7.25. The first-order valence-electron chi connectivity index (χ1n) is 19.5. The van der Waals surface area contributed by atoms with E-state index in [0.717, 1.165) is 43.5 Å². The van der Waals surface area contributed by atoms with E-state index in [-0.39, 0.29) is 30.3 Å². The third-order valence-corrected chi connectivity index (χ3v) is 14.0. The number of nitrogens with one attached hydrogen (secondary N) is 2. The molecule has 3 aliphatic heterocycles. The Kier molecular flexibility index (Phi) is 12.4. The molecule has 290 valence electrons. The van der Waals surface area contributed by atoms with Crippen LogP contribution in [0.15, 0.2) is 78.0 Å². The summed E-state index contributed by atoms with van der Waals surface area (Å²) < 4.78 is 25.3. The first-order chi connectivity index (χ1) is 25.8. The smallest absolute Gasteiger partial charge is 0.264 e. The molecule has 2 unspecified atom stereocenters. The molecular formula is C42H57FN6O4Si. The lowest BCUT2D eigenvalue weighted by molar-refractivity contribution is -0.145. The second kappa shape index (κ2) is 16.8. The average molecular weight is 757 g/mol. The van der Waals surface area contributed by atoms with Crippen molar-refractivity contribution in [3.63, 3.8) is 0 Å². The van der Waals surface area contributed by atoms with Crippen LogP contribution in [-0.4, -0.2) is 72.7 Å². The van der Waals surface area contributed by atoms with Crippen LogP contribution < -0.4 is 15.5 Å². The molecule has 10 nitrogen and oxygen atoms in total. The standard InChI is InChI=1S/C42H57FN6O4Si/c1-28(2)12-10-13-29(3)19-23-49-37-18-17-33(45-40(51)32-16-11-21-44-25-32)24-35(37)42(41(49)52)30(4)39(54(5,6)43)38(53-42)20-22-48-26-36(46-47-48)34(27-50)31-14-8-7-9-15-31/h7-9,12,14-15,17-19,24,26,30,32,34,38-39,44,50H,10-11,13,16,20-23,25,27H2,1-6H3,(H,45,51)/b29-19+/t30-,32?,34?,38+,39-,42+/m1/s1. The second-order valence-corrected chi connectivity index (χ2v) is 20.0. The quantitative estimate of drug-likeness (QED) is 0.0901. The fourth-order valence-corrected chi connectivity index (χ4v) is 11.3. The number of hydrogen-bond acceptors (Lipinski definition) is 7. The van der Waals surface area contributed by atoms with Crippen LogP contribution >= 0.6 is 0 Å². The number of carbonyl (C=O) groups is 2. The van der Waals surface area contributed by atoms with E-state index in [4.69, 9.17) is 4.74 Å². The minimum absolute atomic E-state index is 0.0522. The molecule has 1 aromatic heterocycles. The highest BCUT2D eigenvalue weighted by Gasteiger charge is 2.66. The molecule has 2 aromatic carbocycles. The number of amides is 2. The molecule has 1 spiro atoms. The van der Waals surface area contributed by atoms with Crippen molar-refractivity contribution in [2.45, 2.75) is 103 Å². The molecule has 3 aromatic rings. The third kappa shape index (κ3) is 8.31. The van der Waals surface area contributed by atoms with Crippen LogP contribution in [-0.2, 0) is 26.5 Å². The van der Waals surface area contributed by atoms with Crippen LogP contribution in [0.4, 0.5) is 15.5 Å². The number of carbonyl (C=O) groups excluding carboxylic acids is 2. The number of nitrogens with zero attached hydrogens (tertiary/aromatic N) is 4. The van der Waals surface area contributed by atoms with Crippen LogP contribution in [0.25, 0.3) is 0 Å². The van der Waals surface area contributed by atoms with Gasteiger partial charge in [0.25, 0.3) is 5.91 Å². The lowest BCUT2D eigenvalue weighted by atomic mass is 9.82. The van der Waals surface area contributed by atoms with Gasteiger partial charge >= 0.3 is 0 Å². The largest absolute Gasteiger partial charge is 0.395 e. The number of aliphatic hydroxyl groups is 1. The Balaban J connectivity index is 1.30. The molecule has 6 rings (SSSR count). The molecule has 0 radical (unpaired) electrons. The number of hydrogen-bond donors (Lipinski definition) is 3. The van der Waals surface area contributed by atoms with E-state index in [9.17, 15) is 14.7 Å². The van der Waals surface area contributed by atoms with Gasteiger partial charge in [0.1, 0.15) is 0 Å². The fourth-order valence-electron chi connectivity index (χ4n) is 8.73. The second-order valence-electron chi connectivity index (χ2n) is 16.2. The van der Waals surface area contributed by atoms with Gasteiger partial charge in [-0.2, -0.15) is 0 Å². The normalized spacial score (nSPS) is 24.9. The van der Waals surface area contributed by atoms with Crippen molar-refractivity contribution in [3.8, 4) is 0 Å². The first kappa shape index (κ1) is 39.7. The number of allylic oxidation sites excluding steroid dienone is 3. The zero-order valence-electron chi connectivity index (χ0n) is 32.6. The van der Waals surface area contributed by atoms with E-state index in [2.05, 4.69) is 53.9 Å². The van der Waals surface area contributed by atoms with Gasteiger partial charge < -0.3 is 29.5 Å². The van der Waals surface area contributed by atoms with E-state index in [0.29, 0.717) is 43.0 Å². The maximum absolute atomic E-state index is 16.6. The van der Waals surface area contributed by atoms with Gasteiger partial charge in [0, 0.05) is 48.5 Å². The molecule has 2 amide bonds. The van der Waals surface area contributed by atoms with Gasteiger partial charge in [0.15, 0.2) is 5.60 Å². The molecule has 0 bridgehead atoms. The van der Waals surface area contributed by atoms with Crippen LogP contribution in [0.3, 0.4) is 0 Å². The summed E-state index contributed by atoms with van der Waals surface area (Å²) >= 11 is 0. The summed E-state index contributed by atoms with van der Waals surface area (Å²) in [5, 5.41) is 25.4. The van der Waals surface area contributed by atoms with Crippen molar-refractivity contribution in [2.75, 3.05) is 36.5 Å². The van der Waals surface area contributed by atoms with Crippen molar-refractivity contribution in [1.82, 2.24) is 20.3 Å². The lowest BCUT2D eigenvalue weighted by Gasteiger charge is -2.31. The van der Waals surface area contributed by atoms with Gasteiger partial charge in [-0.25, -0.2) is 0 Å². The van der Waals surface area contributed by atoms with Gasteiger partial charge in [0.05, 0.1) is 35.9 Å². The molecule has 0 aliphatic carbocycles. The number of halogens is 1. The molecule has 3 N–H and O–H groups in total. The highest BCUT2D eigenvalue weighted by Crippen LogP contribution is 2.60. The van der Waals surface area contributed by atoms with Crippen molar-refractivity contribution in [2.24, 2.45) is 11.8 Å². The summed E-state index contributed by atoms with van der Waals surface area (Å²) in [5.74, 6) is -1.16. The maximum Gasteiger partial charge on any atom is 0.264 e. The highest BCUT2D eigenvalue weighted by atomic mass is 28.4. The Hall–Kier alpha value is -3.97. The number of rotatable bonds is 14. The van der Waals surface area contributed by atoms with Crippen LogP contribution in [0.5, 0.6) is 0 Å². The van der Waals surface area contributed by atoms with Gasteiger partial charge in [-0.3, -0.25) is 14.3 Å². The Bertz CT molecular complexity index is 1850. The zero-order valence-corrected chi connectivity index (χ0v) is 33.6. The minimum Gasteiger partial charge on any atom is -0.395 e. The summed E-state index contributed by atoms with van der Waals surface area (Å²) in [5.41, 5.74) is 4.16. The molecule has 4 heterocycles. The van der Waals surface area contributed by atoms with Crippen LogP contribution in [0.2, 0.25) is 18.6 Å². The summed E-state index contributed by atoms with van der Waals surface area (Å²) in [6.07, 6.45) is 9.59. The highest BCUT2D eigenvalue weighted by molar-refractivity contribution is 6.72. The van der Waals surface area contributed by atoms with Gasteiger partial charge in [-0.1, -0.05) is 65.8 Å². The molecule has 3 aliphatic rings. The van der Waals surface area contributed by atoms with E-state index >= 15 is 4.11 Å². The Labute approximate surface area is 320 Å². The maximum atomic E-state index is 16.6. The molecule has 12 heteroatoms. The van der Waals surface area contributed by atoms with E-state index in [1.165, 1.54) is 11.1 Å². The monoisotopic (exact) mass is 756 g/mol. The molecule has 6 atom stereocenters. The Morgan fingerprint density at radius 2 is 1.96 bits per heavy atom. The van der Waals surface area contributed by atoms with Crippen molar-refractivity contribution < 1.29 is 23.5 Å². The van der Waals surface area contributed by atoms with Gasteiger partial charge in [-0.05, 0) is 96.3 Å². The number of benzene rings is 2. The average Bonchev–Trinajstić information content (AvgIpc) is 3.80. The first-order valence-corrected chi connectivity index (χ1v) is 22.5. The summed E-state index contributed by atoms with van der Waals surface area (Å²) in [6, 6.07) is 15.3. The predicted molar refractivity (Wildman–Crippen MR) is 214 cm³/mol. The lowest BCUT2D eigenvalue weighted by Crippen LogP contribution is -2.45. The molecular weight excluding hydrogens is 700 g/mol. The molecule has 54 heavy (non-hydrogen) atoms. The fraction of sp³-hybridized carbons (Fsp3) is 0.524. The Morgan fingerprint density at radius 3 is 2.65 bits per heavy atom. The van der Waals surface area contributed by atoms with E-state index in [1.54, 1.807) is 22.7 Å². The van der Waals surface area contributed by atoms with E-state index < -0.39 is 31.6 Å². The van der Waals surface area contributed by atoms with Gasteiger partial charge in [-0.15, -0.1) is 5.10 Å².